The Labute approximate surface area is 261 Å². The normalized spacial score (nSPS) is 16.4. The molecule has 3 aliphatic rings. The molecule has 45 heavy (non-hydrogen) atoms. The van der Waals surface area contributed by atoms with E-state index in [0.717, 1.165) is 33.9 Å². The largest absolute Gasteiger partial charge is 0.462 e. The molecule has 0 unspecified atom stereocenters. The van der Waals surface area contributed by atoms with Gasteiger partial charge in [-0.2, -0.15) is 9.61 Å². The summed E-state index contributed by atoms with van der Waals surface area (Å²) in [6.07, 6.45) is 5.34. The maximum Gasteiger partial charge on any atom is 0.343 e. The molecule has 0 saturated carbocycles. The van der Waals surface area contributed by atoms with Crippen molar-refractivity contribution >= 4 is 17.4 Å². The van der Waals surface area contributed by atoms with Gasteiger partial charge in [-0.15, -0.1) is 0 Å². The first-order chi connectivity index (χ1) is 22.1. The Morgan fingerprint density at radius 2 is 1.69 bits per heavy atom. The van der Waals surface area contributed by atoms with Gasteiger partial charge >= 0.3 is 5.97 Å². The molecule has 2 atom stereocenters. The summed E-state index contributed by atoms with van der Waals surface area (Å²) in [6, 6.07) is 26.7. The lowest BCUT2D eigenvalue weighted by Gasteiger charge is -2.26. The zero-order valence-corrected chi connectivity index (χ0v) is 25.2. The lowest BCUT2D eigenvalue weighted by atomic mass is 10.1. The highest BCUT2D eigenvalue weighted by molar-refractivity contribution is 5.96. The van der Waals surface area contributed by atoms with Gasteiger partial charge in [-0.05, 0) is 30.2 Å². The van der Waals surface area contributed by atoms with Crippen molar-refractivity contribution in [1.82, 2.24) is 24.1 Å². The zero-order chi connectivity index (χ0) is 30.8. The predicted octanol–water partition coefficient (Wildman–Crippen LogP) is 5.67. The first kappa shape index (κ1) is 28.7. The van der Waals surface area contributed by atoms with Gasteiger partial charge in [-0.25, -0.2) is 14.8 Å². The molecule has 0 spiro atoms. The van der Waals surface area contributed by atoms with Gasteiger partial charge in [0.25, 0.3) is 0 Å². The van der Waals surface area contributed by atoms with Crippen LogP contribution in [-0.2, 0) is 27.3 Å². The Balaban J connectivity index is 1.38. The first-order valence-corrected chi connectivity index (χ1v) is 15.1. The number of hydrogen-bond donors (Lipinski definition) is 0. The van der Waals surface area contributed by atoms with E-state index in [1.807, 2.05) is 67.0 Å². The summed E-state index contributed by atoms with van der Waals surface area (Å²) in [7, 11) is 1.71. The summed E-state index contributed by atoms with van der Waals surface area (Å²) in [6.45, 7) is 4.35. The summed E-state index contributed by atoms with van der Waals surface area (Å²) in [5, 5.41) is 4.66. The smallest absolute Gasteiger partial charge is 0.343 e. The first-order valence-electron chi connectivity index (χ1n) is 15.1. The minimum atomic E-state index is -0.462. The Morgan fingerprint density at radius 1 is 0.956 bits per heavy atom. The maximum absolute atomic E-state index is 13.1. The number of esters is 1. The van der Waals surface area contributed by atoms with Crippen LogP contribution < -0.4 is 4.90 Å². The number of aromatic nitrogens is 5. The van der Waals surface area contributed by atoms with Crippen LogP contribution in [0, 0.1) is 0 Å². The number of anilines is 1. The van der Waals surface area contributed by atoms with Crippen LogP contribution in [0.25, 0.3) is 28.3 Å². The highest BCUT2D eigenvalue weighted by Gasteiger charge is 2.32. The van der Waals surface area contributed by atoms with Gasteiger partial charge in [0.2, 0.25) is 0 Å². The minimum Gasteiger partial charge on any atom is -0.462 e. The molecule has 4 aromatic rings. The van der Waals surface area contributed by atoms with Crippen LogP contribution in [0.2, 0.25) is 0 Å². The molecular formula is C35H34N6O4. The number of pyridine rings is 1. The summed E-state index contributed by atoms with van der Waals surface area (Å²) < 4.78 is 20.7. The predicted molar refractivity (Wildman–Crippen MR) is 170 cm³/mol. The van der Waals surface area contributed by atoms with Gasteiger partial charge in [0.15, 0.2) is 5.65 Å². The monoisotopic (exact) mass is 602 g/mol. The van der Waals surface area contributed by atoms with Crippen molar-refractivity contribution in [2.45, 2.75) is 32.2 Å². The van der Waals surface area contributed by atoms with Crippen LogP contribution in [0.1, 0.15) is 34.5 Å². The Bertz CT molecular complexity index is 1850. The molecule has 2 aromatic carbocycles. The van der Waals surface area contributed by atoms with Crippen molar-refractivity contribution in [1.29, 1.82) is 0 Å². The summed E-state index contributed by atoms with van der Waals surface area (Å²) in [5.74, 6) is 1.15. The quantitative estimate of drug-likeness (QED) is 0.185. The van der Waals surface area contributed by atoms with Crippen molar-refractivity contribution < 1.29 is 19.0 Å². The van der Waals surface area contributed by atoms with Crippen LogP contribution in [0.15, 0.2) is 97.5 Å². The van der Waals surface area contributed by atoms with Gasteiger partial charge < -0.3 is 23.7 Å². The van der Waals surface area contributed by atoms with Crippen molar-refractivity contribution in [3.63, 3.8) is 0 Å². The lowest BCUT2D eigenvalue weighted by molar-refractivity contribution is 0.0528. The van der Waals surface area contributed by atoms with Gasteiger partial charge in [0, 0.05) is 49.8 Å². The molecule has 0 bridgehead atoms. The third kappa shape index (κ3) is 5.54. The average Bonchev–Trinajstić information content (AvgIpc) is 3.83. The number of ether oxygens (including phenoxy) is 3. The van der Waals surface area contributed by atoms with E-state index in [1.54, 1.807) is 18.5 Å². The number of methoxy groups -OCH3 is 1. The van der Waals surface area contributed by atoms with Gasteiger partial charge in [0.1, 0.15) is 23.3 Å². The third-order valence-corrected chi connectivity index (χ3v) is 8.24. The molecular weight excluding hydrogens is 568 g/mol. The maximum atomic E-state index is 13.1. The van der Waals surface area contributed by atoms with Crippen molar-refractivity contribution in [2.75, 3.05) is 31.8 Å². The van der Waals surface area contributed by atoms with Gasteiger partial charge in [0.05, 0.1) is 37.8 Å². The number of hydrogen-bond acceptors (Lipinski definition) is 8. The molecule has 10 nitrogen and oxygen atoms in total. The van der Waals surface area contributed by atoms with Crippen LogP contribution in [-0.4, -0.2) is 63.2 Å². The number of benzene rings is 2. The average molecular weight is 603 g/mol. The van der Waals surface area contributed by atoms with Crippen molar-refractivity contribution in [2.24, 2.45) is 0 Å². The van der Waals surface area contributed by atoms with Crippen molar-refractivity contribution in [3.8, 4) is 22.6 Å². The van der Waals surface area contributed by atoms with E-state index in [4.69, 9.17) is 24.2 Å². The molecule has 0 N–H and O–H groups in total. The number of rotatable bonds is 10. The number of carbonyl (C=O) groups excluding carboxylic acids is 1. The van der Waals surface area contributed by atoms with Crippen LogP contribution >= 0.6 is 0 Å². The van der Waals surface area contributed by atoms with E-state index < -0.39 is 5.97 Å². The Kier molecular flexibility index (Phi) is 7.98. The molecule has 0 aliphatic carbocycles. The molecule has 3 aliphatic heterocycles. The summed E-state index contributed by atoms with van der Waals surface area (Å²) >= 11 is 0. The Hall–Kier alpha value is -5.06. The molecule has 228 valence electrons. The van der Waals surface area contributed by atoms with Gasteiger partial charge in [-0.3, -0.25) is 0 Å². The molecule has 7 rings (SSSR count). The van der Waals surface area contributed by atoms with Crippen LogP contribution in [0.3, 0.4) is 0 Å². The third-order valence-electron chi connectivity index (χ3n) is 8.24. The van der Waals surface area contributed by atoms with Crippen molar-refractivity contribution in [3.05, 3.63) is 114 Å². The highest BCUT2D eigenvalue weighted by atomic mass is 16.5. The molecule has 1 saturated heterocycles. The van der Waals surface area contributed by atoms with E-state index in [9.17, 15) is 4.79 Å². The number of nitrogens with zero attached hydrogens (tertiary/aromatic N) is 6. The summed E-state index contributed by atoms with van der Waals surface area (Å²) in [4.78, 5) is 25.2. The molecule has 5 heterocycles. The number of fused-ring (bicyclic) bond motifs is 2. The fourth-order valence-corrected chi connectivity index (χ4v) is 6.03. The summed E-state index contributed by atoms with van der Waals surface area (Å²) in [5.41, 5.74) is 5.50. The van der Waals surface area contributed by atoms with E-state index >= 15 is 0 Å². The second kappa shape index (κ2) is 12.5. The van der Waals surface area contributed by atoms with E-state index in [-0.39, 0.29) is 18.8 Å². The molecule has 0 amide bonds. The highest BCUT2D eigenvalue weighted by Crippen LogP contribution is 2.37. The van der Waals surface area contributed by atoms with E-state index in [1.165, 1.54) is 6.20 Å². The fourth-order valence-electron chi connectivity index (χ4n) is 6.03. The molecule has 1 fully saturated rings. The second-order valence-corrected chi connectivity index (χ2v) is 11.0. The van der Waals surface area contributed by atoms with Gasteiger partial charge in [-0.1, -0.05) is 60.7 Å². The molecule has 10 heteroatoms. The standard InChI is InChI=1S/C35H34N6O4/c1-3-45-35(42)28-19-37-41-32(39(20-24-11-6-4-7-12-24)21-25-13-8-5-9-14-25)17-29(38-34(28)41)27-18-36-33-26(27)15-10-16-40(33)30-22-44-23-31(30)43-2/h4-19,30-31H,3,20-23H2,1-2H3/t30-,31-/m0/s1. The SMILES string of the molecule is CCOC(=O)c1cnn2c(N(Cc3ccccc3)Cc3ccccc3)cc(-c3cnc4n([C@H]5COC[C@@H]5OC)cccc3-4)nc12. The second-order valence-electron chi connectivity index (χ2n) is 11.0. The zero-order valence-electron chi connectivity index (χ0n) is 25.2. The minimum absolute atomic E-state index is 0.00457. The van der Waals surface area contributed by atoms with E-state index in [2.05, 4.69) is 38.8 Å². The fraction of sp³-hybridized carbons (Fsp3) is 0.257. The van der Waals surface area contributed by atoms with E-state index in [0.29, 0.717) is 43.2 Å². The van der Waals surface area contributed by atoms with Crippen LogP contribution in [0.4, 0.5) is 5.82 Å². The molecule has 0 radical (unpaired) electrons. The Morgan fingerprint density at radius 3 is 2.38 bits per heavy atom. The van der Waals surface area contributed by atoms with Crippen LogP contribution in [0.5, 0.6) is 0 Å². The lowest BCUT2D eigenvalue weighted by Crippen LogP contribution is -2.25. The topological polar surface area (TPSA) is 96.0 Å². The molecule has 2 aromatic heterocycles. The number of carbonyl (C=O) groups is 1.